The quantitative estimate of drug-likeness (QED) is 0.616. The van der Waals surface area contributed by atoms with Crippen molar-refractivity contribution in [2.75, 3.05) is 20.3 Å². The van der Waals surface area contributed by atoms with Crippen molar-refractivity contribution in [3.05, 3.63) is 12.2 Å². The van der Waals surface area contributed by atoms with E-state index in [1.807, 2.05) is 0 Å². The van der Waals surface area contributed by atoms with Crippen LogP contribution in [0.2, 0.25) is 0 Å². The second-order valence-corrected chi connectivity index (χ2v) is 3.16. The van der Waals surface area contributed by atoms with E-state index in [2.05, 4.69) is 38.2 Å². The Bertz CT molecular complexity index is 109. The Morgan fingerprint density at radius 2 is 2.00 bits per heavy atom. The van der Waals surface area contributed by atoms with Gasteiger partial charge in [0.1, 0.15) is 0 Å². The number of rotatable bonds is 6. The summed E-state index contributed by atoms with van der Waals surface area (Å²) in [5.74, 6) is 0.510. The van der Waals surface area contributed by atoms with Gasteiger partial charge in [0.15, 0.2) is 0 Å². The SMILES string of the molecule is CCNC(C)/C=C/C(C)COC. The molecule has 2 atom stereocenters. The van der Waals surface area contributed by atoms with E-state index in [1.54, 1.807) is 7.11 Å². The highest BCUT2D eigenvalue weighted by atomic mass is 16.5. The molecule has 0 aromatic carbocycles. The minimum absolute atomic E-state index is 0.467. The van der Waals surface area contributed by atoms with Crippen molar-refractivity contribution >= 4 is 0 Å². The van der Waals surface area contributed by atoms with Crippen LogP contribution in [0.25, 0.3) is 0 Å². The maximum absolute atomic E-state index is 5.02. The van der Waals surface area contributed by atoms with Gasteiger partial charge >= 0.3 is 0 Å². The molecule has 0 fully saturated rings. The Balaban J connectivity index is 3.57. The smallest absolute Gasteiger partial charge is 0.0522 e. The first-order valence-corrected chi connectivity index (χ1v) is 4.61. The van der Waals surface area contributed by atoms with Crippen molar-refractivity contribution < 1.29 is 4.74 Å². The molecule has 0 aliphatic carbocycles. The molecule has 2 nitrogen and oxygen atoms in total. The van der Waals surface area contributed by atoms with E-state index >= 15 is 0 Å². The molecule has 0 radical (unpaired) electrons. The number of methoxy groups -OCH3 is 1. The molecule has 0 aliphatic heterocycles. The van der Waals surface area contributed by atoms with Crippen molar-refractivity contribution in [3.63, 3.8) is 0 Å². The van der Waals surface area contributed by atoms with Gasteiger partial charge in [-0.1, -0.05) is 26.0 Å². The number of hydrogen-bond acceptors (Lipinski definition) is 2. The first-order valence-electron chi connectivity index (χ1n) is 4.61. The summed E-state index contributed by atoms with van der Waals surface area (Å²) in [6, 6.07) is 0.467. The zero-order chi connectivity index (χ0) is 9.40. The Morgan fingerprint density at radius 1 is 1.33 bits per heavy atom. The largest absolute Gasteiger partial charge is 0.384 e. The van der Waals surface area contributed by atoms with Gasteiger partial charge in [0.05, 0.1) is 6.61 Å². The summed E-state index contributed by atoms with van der Waals surface area (Å²) in [5.41, 5.74) is 0. The topological polar surface area (TPSA) is 21.3 Å². The molecule has 1 N–H and O–H groups in total. The van der Waals surface area contributed by atoms with Gasteiger partial charge in [-0.15, -0.1) is 0 Å². The molecule has 12 heavy (non-hydrogen) atoms. The average Bonchev–Trinajstić information content (AvgIpc) is 2.02. The highest BCUT2D eigenvalue weighted by Crippen LogP contribution is 1.98. The van der Waals surface area contributed by atoms with Crippen LogP contribution in [0.3, 0.4) is 0 Å². The lowest BCUT2D eigenvalue weighted by molar-refractivity contribution is 0.176. The fraction of sp³-hybridized carbons (Fsp3) is 0.800. The first-order chi connectivity index (χ1) is 5.70. The minimum Gasteiger partial charge on any atom is -0.384 e. The van der Waals surface area contributed by atoms with Gasteiger partial charge in [0.25, 0.3) is 0 Å². The third kappa shape index (κ3) is 6.38. The van der Waals surface area contributed by atoms with Gasteiger partial charge in [-0.3, -0.25) is 0 Å². The molecule has 0 aromatic heterocycles. The zero-order valence-corrected chi connectivity index (χ0v) is 8.63. The van der Waals surface area contributed by atoms with E-state index in [0.29, 0.717) is 12.0 Å². The second-order valence-electron chi connectivity index (χ2n) is 3.16. The Kier molecular flexibility index (Phi) is 7.11. The summed E-state index contributed by atoms with van der Waals surface area (Å²) >= 11 is 0. The number of hydrogen-bond donors (Lipinski definition) is 1. The Hall–Kier alpha value is -0.340. The highest BCUT2D eigenvalue weighted by Gasteiger charge is 1.96. The van der Waals surface area contributed by atoms with Crippen molar-refractivity contribution in [3.8, 4) is 0 Å². The molecule has 0 bridgehead atoms. The number of likely N-dealkylation sites (N-methyl/N-ethyl adjacent to an activating group) is 1. The second kappa shape index (κ2) is 7.32. The fourth-order valence-electron chi connectivity index (χ4n) is 1.06. The van der Waals surface area contributed by atoms with Crippen molar-refractivity contribution in [2.45, 2.75) is 26.8 Å². The molecular weight excluding hydrogens is 150 g/mol. The normalized spacial score (nSPS) is 16.7. The van der Waals surface area contributed by atoms with Crippen LogP contribution in [0.5, 0.6) is 0 Å². The van der Waals surface area contributed by atoms with E-state index in [-0.39, 0.29) is 0 Å². The third-order valence-corrected chi connectivity index (χ3v) is 1.68. The average molecular weight is 171 g/mol. The van der Waals surface area contributed by atoms with Gasteiger partial charge in [0.2, 0.25) is 0 Å². The molecule has 0 aliphatic rings. The van der Waals surface area contributed by atoms with E-state index in [0.717, 1.165) is 13.2 Å². The van der Waals surface area contributed by atoms with Crippen LogP contribution in [0.4, 0.5) is 0 Å². The predicted molar refractivity (Wildman–Crippen MR) is 53.3 cm³/mol. The van der Waals surface area contributed by atoms with Gasteiger partial charge in [0, 0.05) is 13.2 Å². The van der Waals surface area contributed by atoms with E-state index in [1.165, 1.54) is 0 Å². The van der Waals surface area contributed by atoms with Crippen LogP contribution in [-0.2, 0) is 4.74 Å². The van der Waals surface area contributed by atoms with Gasteiger partial charge in [-0.2, -0.15) is 0 Å². The summed E-state index contributed by atoms with van der Waals surface area (Å²) in [5, 5.41) is 3.32. The van der Waals surface area contributed by atoms with Crippen molar-refractivity contribution in [1.29, 1.82) is 0 Å². The van der Waals surface area contributed by atoms with Gasteiger partial charge in [-0.05, 0) is 19.4 Å². The molecule has 0 spiro atoms. The maximum atomic E-state index is 5.02. The summed E-state index contributed by atoms with van der Waals surface area (Å²) in [6.45, 7) is 8.24. The molecule has 0 aromatic rings. The zero-order valence-electron chi connectivity index (χ0n) is 8.63. The van der Waals surface area contributed by atoms with E-state index in [9.17, 15) is 0 Å². The highest BCUT2D eigenvalue weighted by molar-refractivity contribution is 4.93. The van der Waals surface area contributed by atoms with Crippen LogP contribution >= 0.6 is 0 Å². The first kappa shape index (κ1) is 11.7. The van der Waals surface area contributed by atoms with Crippen LogP contribution in [0.1, 0.15) is 20.8 Å². The predicted octanol–water partition coefficient (Wildman–Crippen LogP) is 1.82. The monoisotopic (exact) mass is 171 g/mol. The van der Waals surface area contributed by atoms with E-state index < -0.39 is 0 Å². The summed E-state index contributed by atoms with van der Waals surface area (Å²) in [7, 11) is 1.73. The number of nitrogens with one attached hydrogen (secondary N) is 1. The van der Waals surface area contributed by atoms with E-state index in [4.69, 9.17) is 4.74 Å². The lowest BCUT2D eigenvalue weighted by Crippen LogP contribution is -2.23. The number of ether oxygens (including phenoxy) is 1. The summed E-state index contributed by atoms with van der Waals surface area (Å²) in [6.07, 6.45) is 4.38. The maximum Gasteiger partial charge on any atom is 0.0522 e. The fourth-order valence-corrected chi connectivity index (χ4v) is 1.06. The molecule has 72 valence electrons. The van der Waals surface area contributed by atoms with Gasteiger partial charge in [-0.25, -0.2) is 0 Å². The summed E-state index contributed by atoms with van der Waals surface area (Å²) in [4.78, 5) is 0. The van der Waals surface area contributed by atoms with Crippen LogP contribution < -0.4 is 5.32 Å². The summed E-state index contributed by atoms with van der Waals surface area (Å²) < 4.78 is 5.02. The lowest BCUT2D eigenvalue weighted by Gasteiger charge is -2.08. The van der Waals surface area contributed by atoms with Gasteiger partial charge < -0.3 is 10.1 Å². The van der Waals surface area contributed by atoms with Crippen LogP contribution in [0.15, 0.2) is 12.2 Å². The molecule has 0 rings (SSSR count). The molecule has 2 unspecified atom stereocenters. The molecular formula is C10H21NO. The molecule has 0 saturated heterocycles. The Labute approximate surface area is 76.0 Å². The standard InChI is InChI=1S/C10H21NO/c1-5-11-10(3)7-6-9(2)8-12-4/h6-7,9-11H,5,8H2,1-4H3/b7-6+. The molecule has 0 heterocycles. The van der Waals surface area contributed by atoms with Crippen molar-refractivity contribution in [2.24, 2.45) is 5.92 Å². The molecule has 0 amide bonds. The van der Waals surface area contributed by atoms with Crippen LogP contribution in [0, 0.1) is 5.92 Å². The lowest BCUT2D eigenvalue weighted by atomic mass is 10.1. The minimum atomic E-state index is 0.467. The molecule has 2 heteroatoms. The molecule has 0 saturated carbocycles. The van der Waals surface area contributed by atoms with Crippen molar-refractivity contribution in [1.82, 2.24) is 5.32 Å². The van der Waals surface area contributed by atoms with Crippen LogP contribution in [-0.4, -0.2) is 26.3 Å². The third-order valence-electron chi connectivity index (χ3n) is 1.68. The Morgan fingerprint density at radius 3 is 2.50 bits per heavy atom.